The van der Waals surface area contributed by atoms with Crippen molar-refractivity contribution < 1.29 is 13.2 Å². The van der Waals surface area contributed by atoms with Crippen LogP contribution in [0.25, 0.3) is 16.6 Å². The molecule has 1 saturated carbocycles. The highest BCUT2D eigenvalue weighted by atomic mass is 19.3. The number of piperazine rings is 1. The van der Waals surface area contributed by atoms with Gasteiger partial charge in [-0.2, -0.15) is 9.78 Å². The van der Waals surface area contributed by atoms with E-state index < -0.39 is 36.1 Å². The summed E-state index contributed by atoms with van der Waals surface area (Å²) in [7, 11) is 2.11. The Morgan fingerprint density at radius 1 is 1.00 bits per heavy atom. The molecule has 0 unspecified atom stereocenters. The Morgan fingerprint density at radius 3 is 2.39 bits per heavy atom. The number of benzene rings is 2. The van der Waals surface area contributed by atoms with Gasteiger partial charge in [-0.25, -0.2) is 23.1 Å². The van der Waals surface area contributed by atoms with Crippen LogP contribution in [0, 0.1) is 5.82 Å². The Labute approximate surface area is 216 Å². The summed E-state index contributed by atoms with van der Waals surface area (Å²) in [6.45, 7) is 3.93. The second-order valence-electron chi connectivity index (χ2n) is 9.93. The molecule has 1 aliphatic heterocycles. The topological polar surface area (TPSA) is 79.2 Å². The molecule has 1 aliphatic carbocycles. The summed E-state index contributed by atoms with van der Waals surface area (Å²) in [5.74, 6) is -3.86. The zero-order chi connectivity index (χ0) is 26.4. The van der Waals surface area contributed by atoms with E-state index in [4.69, 9.17) is 0 Å². The number of para-hydroxylation sites is 1. The third kappa shape index (κ3) is 4.58. The molecule has 0 bridgehead atoms. The molecule has 1 saturated heterocycles. The molecule has 0 spiro atoms. The molecule has 11 heteroatoms. The molecule has 2 fully saturated rings. The molecule has 0 atom stereocenters. The van der Waals surface area contributed by atoms with Crippen LogP contribution in [0.2, 0.25) is 0 Å². The van der Waals surface area contributed by atoms with Gasteiger partial charge in [0, 0.05) is 62.5 Å². The van der Waals surface area contributed by atoms with Crippen LogP contribution in [0.3, 0.4) is 0 Å². The van der Waals surface area contributed by atoms with Gasteiger partial charge in [0.25, 0.3) is 5.56 Å². The Hall–Kier alpha value is -3.99. The summed E-state index contributed by atoms with van der Waals surface area (Å²) in [6, 6.07) is 13.6. The van der Waals surface area contributed by atoms with Crippen LogP contribution in [0.15, 0.2) is 59.5 Å². The minimum absolute atomic E-state index is 0.0608. The van der Waals surface area contributed by atoms with Gasteiger partial charge in [0.2, 0.25) is 11.9 Å². The maximum atomic E-state index is 14.5. The van der Waals surface area contributed by atoms with Crippen molar-refractivity contribution in [1.82, 2.24) is 24.6 Å². The van der Waals surface area contributed by atoms with Gasteiger partial charge in [-0.3, -0.25) is 4.79 Å². The van der Waals surface area contributed by atoms with Crippen molar-refractivity contribution in [2.24, 2.45) is 0 Å². The molecule has 1 N–H and O–H groups in total. The number of nitrogens with one attached hydrogen (secondary N) is 1. The molecule has 6 rings (SSSR count). The minimum atomic E-state index is -2.81. The van der Waals surface area contributed by atoms with E-state index in [1.807, 2.05) is 24.3 Å². The van der Waals surface area contributed by atoms with E-state index in [1.165, 1.54) is 24.4 Å². The fraction of sp³-hybridized carbons (Fsp3) is 0.333. The van der Waals surface area contributed by atoms with Gasteiger partial charge in [0.15, 0.2) is 0 Å². The SMILES string of the molecule is CN1CCN(c2ccc(Nc3ncc4c(=O)n(-c5ccccc5F)nc(C5CC(F)(F)C5)c4n3)cc2)CC1. The third-order valence-corrected chi connectivity index (χ3v) is 7.21. The first-order chi connectivity index (χ1) is 18.3. The van der Waals surface area contributed by atoms with Crippen molar-refractivity contribution in [2.45, 2.75) is 24.7 Å². The zero-order valence-electron chi connectivity index (χ0n) is 20.7. The van der Waals surface area contributed by atoms with Gasteiger partial charge in [0.05, 0.1) is 11.1 Å². The lowest BCUT2D eigenvalue weighted by molar-refractivity contribution is -0.0875. The van der Waals surface area contributed by atoms with Crippen LogP contribution in [0.5, 0.6) is 0 Å². The van der Waals surface area contributed by atoms with Gasteiger partial charge in [-0.05, 0) is 43.4 Å². The van der Waals surface area contributed by atoms with Crippen molar-refractivity contribution in [1.29, 1.82) is 0 Å². The molecule has 0 amide bonds. The largest absolute Gasteiger partial charge is 0.369 e. The number of hydrogen-bond donors (Lipinski definition) is 1. The van der Waals surface area contributed by atoms with Crippen molar-refractivity contribution in [2.75, 3.05) is 43.4 Å². The Kier molecular flexibility index (Phi) is 6.02. The second-order valence-corrected chi connectivity index (χ2v) is 9.93. The zero-order valence-corrected chi connectivity index (χ0v) is 20.7. The van der Waals surface area contributed by atoms with Gasteiger partial charge < -0.3 is 15.1 Å². The fourth-order valence-corrected chi connectivity index (χ4v) is 4.97. The number of likely N-dealkylation sites (N-methyl/N-ethyl adjacent to an activating group) is 1. The molecule has 2 aliphatic rings. The van der Waals surface area contributed by atoms with E-state index in [1.54, 1.807) is 6.07 Å². The van der Waals surface area contributed by atoms with Gasteiger partial charge in [-0.1, -0.05) is 12.1 Å². The van der Waals surface area contributed by atoms with E-state index in [-0.39, 0.29) is 28.2 Å². The number of nitrogens with zero attached hydrogens (tertiary/aromatic N) is 6. The molecule has 0 radical (unpaired) electrons. The number of anilines is 3. The number of rotatable bonds is 5. The Morgan fingerprint density at radius 2 is 1.71 bits per heavy atom. The molecule has 2 aromatic heterocycles. The lowest BCUT2D eigenvalue weighted by Gasteiger charge is -2.34. The first-order valence-electron chi connectivity index (χ1n) is 12.5. The number of hydrogen-bond acceptors (Lipinski definition) is 7. The van der Waals surface area contributed by atoms with Crippen molar-refractivity contribution in [3.8, 4) is 5.69 Å². The maximum Gasteiger partial charge on any atom is 0.282 e. The summed E-state index contributed by atoms with van der Waals surface area (Å²) in [5.41, 5.74) is 1.59. The molecular weight excluding hydrogens is 495 g/mol. The first-order valence-corrected chi connectivity index (χ1v) is 12.5. The van der Waals surface area contributed by atoms with E-state index in [0.29, 0.717) is 0 Å². The molecule has 196 valence electrons. The number of fused-ring (bicyclic) bond motifs is 1. The Bertz CT molecular complexity index is 1540. The van der Waals surface area contributed by atoms with Crippen molar-refractivity contribution in [3.63, 3.8) is 0 Å². The maximum absolute atomic E-state index is 14.5. The highest BCUT2D eigenvalue weighted by Crippen LogP contribution is 2.48. The average Bonchev–Trinajstić information content (AvgIpc) is 2.89. The van der Waals surface area contributed by atoms with Crippen LogP contribution in [-0.2, 0) is 0 Å². The standard InChI is InChI=1S/C27H26F3N7O/c1-35-10-12-36(13-11-35)19-8-6-18(7-9-19)32-26-31-16-20-24(33-26)23(17-14-27(29,30)15-17)34-37(25(20)38)22-5-3-2-4-21(22)28/h2-9,16-17H,10-15H2,1H3,(H,31,32,33). The van der Waals surface area contributed by atoms with Crippen LogP contribution in [0.4, 0.5) is 30.5 Å². The second kappa shape index (κ2) is 9.39. The van der Waals surface area contributed by atoms with Crippen LogP contribution < -0.4 is 15.8 Å². The van der Waals surface area contributed by atoms with E-state index in [2.05, 4.69) is 37.2 Å². The molecule has 3 heterocycles. The molecular formula is C27H26F3N7O. The highest BCUT2D eigenvalue weighted by molar-refractivity contribution is 5.81. The van der Waals surface area contributed by atoms with Gasteiger partial charge in [0.1, 0.15) is 17.0 Å². The predicted octanol–water partition coefficient (Wildman–Crippen LogP) is 4.32. The molecule has 4 aromatic rings. The average molecular weight is 522 g/mol. The monoisotopic (exact) mass is 521 g/mol. The lowest BCUT2D eigenvalue weighted by Crippen LogP contribution is -2.44. The first kappa shape index (κ1) is 24.4. The molecule has 2 aromatic carbocycles. The normalized spacial score (nSPS) is 17.9. The van der Waals surface area contributed by atoms with Gasteiger partial charge in [-0.15, -0.1) is 0 Å². The summed E-state index contributed by atoms with van der Waals surface area (Å²) < 4.78 is 43.0. The quantitative estimate of drug-likeness (QED) is 0.419. The number of aromatic nitrogens is 4. The summed E-state index contributed by atoms with van der Waals surface area (Å²) in [5, 5.41) is 7.56. The Balaban J connectivity index is 1.34. The minimum Gasteiger partial charge on any atom is -0.369 e. The fourth-order valence-electron chi connectivity index (χ4n) is 4.97. The van der Waals surface area contributed by atoms with Crippen molar-refractivity contribution in [3.05, 3.63) is 76.6 Å². The van der Waals surface area contributed by atoms with E-state index in [9.17, 15) is 18.0 Å². The summed E-state index contributed by atoms with van der Waals surface area (Å²) in [6.07, 6.45) is 0.515. The lowest BCUT2D eigenvalue weighted by atomic mass is 9.78. The third-order valence-electron chi connectivity index (χ3n) is 7.21. The molecule has 38 heavy (non-hydrogen) atoms. The summed E-state index contributed by atoms with van der Waals surface area (Å²) >= 11 is 0. The van der Waals surface area contributed by atoms with Crippen LogP contribution in [0.1, 0.15) is 24.5 Å². The van der Waals surface area contributed by atoms with E-state index in [0.717, 1.165) is 42.2 Å². The van der Waals surface area contributed by atoms with Crippen LogP contribution in [-0.4, -0.2) is 63.8 Å². The number of halogens is 3. The predicted molar refractivity (Wildman–Crippen MR) is 139 cm³/mol. The highest BCUT2D eigenvalue weighted by Gasteiger charge is 2.47. The molecule has 8 nitrogen and oxygen atoms in total. The van der Waals surface area contributed by atoms with Crippen molar-refractivity contribution >= 4 is 28.2 Å². The van der Waals surface area contributed by atoms with E-state index >= 15 is 0 Å². The van der Waals surface area contributed by atoms with Gasteiger partial charge >= 0.3 is 0 Å². The summed E-state index contributed by atoms with van der Waals surface area (Å²) in [4.78, 5) is 26.7. The van der Waals surface area contributed by atoms with Crippen LogP contribution >= 0.6 is 0 Å². The number of alkyl halides is 2. The smallest absolute Gasteiger partial charge is 0.282 e.